The van der Waals surface area contributed by atoms with Gasteiger partial charge in [-0.3, -0.25) is 4.79 Å². The van der Waals surface area contributed by atoms with Gasteiger partial charge in [-0.25, -0.2) is 0 Å². The van der Waals surface area contributed by atoms with Crippen LogP contribution in [0.3, 0.4) is 0 Å². The molecule has 0 fully saturated rings. The molecule has 114 valence electrons. The highest BCUT2D eigenvalue weighted by atomic mass is 16.3. The number of carbonyl (C=O) groups is 1. The van der Waals surface area contributed by atoms with Crippen molar-refractivity contribution in [1.29, 1.82) is 5.26 Å². The maximum Gasteiger partial charge on any atom is 0.267 e. The zero-order valence-corrected chi connectivity index (χ0v) is 12.4. The summed E-state index contributed by atoms with van der Waals surface area (Å²) in [5.74, 6) is -0.443. The number of amides is 1. The summed E-state index contributed by atoms with van der Waals surface area (Å²) in [7, 11) is 0. The van der Waals surface area contributed by atoms with Crippen LogP contribution >= 0.6 is 0 Å². The topological polar surface area (TPSA) is 76.4 Å². The molecule has 2 aromatic carbocycles. The third-order valence-electron chi connectivity index (χ3n) is 3.68. The largest absolute Gasteiger partial charge is 0.508 e. The number of nitrogens with zero attached hydrogens (tertiary/aromatic N) is 2. The molecule has 1 heterocycles. The molecule has 1 aliphatic rings. The predicted molar refractivity (Wildman–Crippen MR) is 87.9 cm³/mol. The highest BCUT2D eigenvalue weighted by molar-refractivity contribution is 6.06. The van der Waals surface area contributed by atoms with Crippen LogP contribution in [0, 0.1) is 11.3 Å². The van der Waals surface area contributed by atoms with E-state index in [9.17, 15) is 15.2 Å². The first-order valence-corrected chi connectivity index (χ1v) is 7.24. The molecule has 2 aromatic rings. The normalized spacial score (nSPS) is 13.3. The Morgan fingerprint density at radius 3 is 2.87 bits per heavy atom. The minimum Gasteiger partial charge on any atom is -0.508 e. The fraction of sp³-hybridized carbons (Fsp3) is 0.111. The van der Waals surface area contributed by atoms with E-state index >= 15 is 0 Å². The van der Waals surface area contributed by atoms with Crippen molar-refractivity contribution in [2.75, 3.05) is 16.8 Å². The number of carbonyl (C=O) groups excluding carboxylic acids is 1. The second-order valence-corrected chi connectivity index (χ2v) is 5.23. The van der Waals surface area contributed by atoms with Gasteiger partial charge >= 0.3 is 0 Å². The number of rotatable bonds is 3. The Labute approximate surface area is 134 Å². The van der Waals surface area contributed by atoms with Gasteiger partial charge in [0, 0.05) is 30.2 Å². The van der Waals surface area contributed by atoms with Gasteiger partial charge in [0.25, 0.3) is 5.91 Å². The van der Waals surface area contributed by atoms with Crippen LogP contribution in [-0.2, 0) is 11.2 Å². The number of benzene rings is 2. The third kappa shape index (κ3) is 3.16. The molecule has 23 heavy (non-hydrogen) atoms. The van der Waals surface area contributed by atoms with Crippen molar-refractivity contribution in [3.63, 3.8) is 0 Å². The van der Waals surface area contributed by atoms with E-state index in [0.29, 0.717) is 5.69 Å². The highest BCUT2D eigenvalue weighted by Gasteiger charge is 2.19. The van der Waals surface area contributed by atoms with E-state index in [2.05, 4.69) is 5.32 Å². The van der Waals surface area contributed by atoms with Crippen LogP contribution in [0.25, 0.3) is 0 Å². The molecule has 0 saturated carbocycles. The lowest BCUT2D eigenvalue weighted by Gasteiger charge is -2.14. The lowest BCUT2D eigenvalue weighted by Crippen LogP contribution is -2.19. The van der Waals surface area contributed by atoms with Gasteiger partial charge in [0.05, 0.1) is 0 Å². The first-order valence-electron chi connectivity index (χ1n) is 7.24. The van der Waals surface area contributed by atoms with Crippen molar-refractivity contribution in [2.24, 2.45) is 0 Å². The monoisotopic (exact) mass is 305 g/mol. The van der Waals surface area contributed by atoms with Crippen LogP contribution in [0.15, 0.2) is 60.3 Å². The van der Waals surface area contributed by atoms with Gasteiger partial charge < -0.3 is 15.3 Å². The number of aromatic hydroxyl groups is 1. The van der Waals surface area contributed by atoms with Gasteiger partial charge in [0.2, 0.25) is 0 Å². The maximum atomic E-state index is 12.2. The Morgan fingerprint density at radius 1 is 1.26 bits per heavy atom. The molecule has 0 unspecified atom stereocenters. The summed E-state index contributed by atoms with van der Waals surface area (Å²) in [6.07, 6.45) is 2.46. The Morgan fingerprint density at radius 2 is 2.09 bits per heavy atom. The minimum atomic E-state index is -0.498. The Kier molecular flexibility index (Phi) is 3.98. The van der Waals surface area contributed by atoms with E-state index in [1.165, 1.54) is 17.7 Å². The van der Waals surface area contributed by atoms with Crippen molar-refractivity contribution >= 4 is 17.3 Å². The van der Waals surface area contributed by atoms with Gasteiger partial charge in [-0.2, -0.15) is 5.26 Å². The lowest BCUT2D eigenvalue weighted by atomic mass is 10.2. The number of nitrogens with one attached hydrogen (secondary N) is 1. The van der Waals surface area contributed by atoms with Gasteiger partial charge in [-0.1, -0.05) is 24.3 Å². The summed E-state index contributed by atoms with van der Waals surface area (Å²) in [5, 5.41) is 21.3. The molecule has 5 nitrogen and oxygen atoms in total. The van der Waals surface area contributed by atoms with Gasteiger partial charge in [0.1, 0.15) is 17.4 Å². The van der Waals surface area contributed by atoms with Crippen LogP contribution in [-0.4, -0.2) is 17.6 Å². The van der Waals surface area contributed by atoms with Crippen LogP contribution in [0.1, 0.15) is 5.56 Å². The van der Waals surface area contributed by atoms with Crippen molar-refractivity contribution < 1.29 is 9.90 Å². The molecule has 3 rings (SSSR count). The quantitative estimate of drug-likeness (QED) is 0.675. The van der Waals surface area contributed by atoms with Crippen LogP contribution in [0.4, 0.5) is 11.4 Å². The zero-order chi connectivity index (χ0) is 16.2. The molecule has 0 bridgehead atoms. The fourth-order valence-corrected chi connectivity index (χ4v) is 2.57. The summed E-state index contributed by atoms with van der Waals surface area (Å²) in [5.41, 5.74) is 2.68. The molecule has 0 spiro atoms. The molecule has 2 N–H and O–H groups in total. The number of anilines is 2. The molecule has 1 amide bonds. The second kappa shape index (κ2) is 6.24. The fourth-order valence-electron chi connectivity index (χ4n) is 2.57. The number of phenolic OH excluding ortho intramolecular Hbond substituents is 1. The van der Waals surface area contributed by atoms with Crippen LogP contribution in [0.2, 0.25) is 0 Å². The smallest absolute Gasteiger partial charge is 0.267 e. The molecule has 0 atom stereocenters. The summed E-state index contributed by atoms with van der Waals surface area (Å²) in [6, 6.07) is 16.1. The maximum absolute atomic E-state index is 12.2. The highest BCUT2D eigenvalue weighted by Crippen LogP contribution is 2.28. The van der Waals surface area contributed by atoms with Crippen molar-refractivity contribution in [2.45, 2.75) is 6.42 Å². The minimum absolute atomic E-state index is 0.0186. The van der Waals surface area contributed by atoms with Crippen molar-refractivity contribution in [3.8, 4) is 11.8 Å². The Hall–Kier alpha value is -3.26. The molecule has 1 aliphatic heterocycles. The lowest BCUT2D eigenvalue weighted by molar-refractivity contribution is -0.112. The second-order valence-electron chi connectivity index (χ2n) is 5.23. The molecule has 5 heteroatoms. The number of hydrogen-bond donors (Lipinski definition) is 2. The van der Waals surface area contributed by atoms with E-state index in [1.54, 1.807) is 18.3 Å². The Bertz CT molecular complexity index is 821. The average molecular weight is 305 g/mol. The number of hydrogen-bond acceptors (Lipinski definition) is 4. The van der Waals surface area contributed by atoms with E-state index in [1.807, 2.05) is 35.2 Å². The molecule has 0 radical (unpaired) electrons. The first-order chi connectivity index (χ1) is 11.2. The summed E-state index contributed by atoms with van der Waals surface area (Å²) >= 11 is 0. The van der Waals surface area contributed by atoms with E-state index in [4.69, 9.17) is 0 Å². The molecule has 0 saturated heterocycles. The number of phenols is 1. The summed E-state index contributed by atoms with van der Waals surface area (Å²) in [6.45, 7) is 0.740. The van der Waals surface area contributed by atoms with E-state index in [-0.39, 0.29) is 11.3 Å². The summed E-state index contributed by atoms with van der Waals surface area (Å²) in [4.78, 5) is 14.2. The standard InChI is InChI=1S/C18H15N3O2/c19-11-14(18(23)20-15-5-3-6-16(22)10-15)12-21-9-8-13-4-1-2-7-17(13)21/h1-7,10,12,22H,8-9H2,(H,20,23)/b14-12-. The van der Waals surface area contributed by atoms with E-state index < -0.39 is 5.91 Å². The van der Waals surface area contributed by atoms with Crippen LogP contribution in [0.5, 0.6) is 5.75 Å². The molecular formula is C18H15N3O2. The van der Waals surface area contributed by atoms with Gasteiger partial charge in [0.15, 0.2) is 0 Å². The first kappa shape index (κ1) is 14.7. The average Bonchev–Trinajstić information content (AvgIpc) is 2.95. The summed E-state index contributed by atoms with van der Waals surface area (Å²) < 4.78 is 0. The molecular weight excluding hydrogens is 290 g/mol. The molecule has 0 aliphatic carbocycles. The SMILES string of the molecule is N#C/C(=C/N1CCc2ccccc21)C(=O)Nc1cccc(O)c1. The van der Waals surface area contributed by atoms with Crippen LogP contribution < -0.4 is 10.2 Å². The van der Waals surface area contributed by atoms with Gasteiger partial charge in [-0.05, 0) is 30.2 Å². The Balaban J connectivity index is 1.80. The number of fused-ring (bicyclic) bond motifs is 1. The van der Waals surface area contributed by atoms with Crippen molar-refractivity contribution in [1.82, 2.24) is 0 Å². The molecule has 0 aromatic heterocycles. The predicted octanol–water partition coefficient (Wildman–Crippen LogP) is 2.80. The van der Waals surface area contributed by atoms with Crippen molar-refractivity contribution in [3.05, 3.63) is 65.9 Å². The number of nitriles is 1. The zero-order valence-electron chi connectivity index (χ0n) is 12.4. The van der Waals surface area contributed by atoms with Gasteiger partial charge in [-0.15, -0.1) is 0 Å². The number of para-hydroxylation sites is 1. The third-order valence-corrected chi connectivity index (χ3v) is 3.68. The van der Waals surface area contributed by atoms with E-state index in [0.717, 1.165) is 18.7 Å².